The number of nitrogens with one attached hydrogen (secondary N) is 1. The van der Waals surface area contributed by atoms with Crippen molar-refractivity contribution < 1.29 is 8.42 Å². The van der Waals surface area contributed by atoms with Crippen LogP contribution in [0, 0.1) is 11.3 Å². The van der Waals surface area contributed by atoms with E-state index in [9.17, 15) is 8.42 Å². The van der Waals surface area contributed by atoms with E-state index in [1.165, 1.54) is 6.08 Å². The smallest absolute Gasteiger partial charge is 0.255 e. The van der Waals surface area contributed by atoms with Crippen LogP contribution in [0.1, 0.15) is 11.1 Å². The van der Waals surface area contributed by atoms with Gasteiger partial charge in [-0.05, 0) is 29.3 Å². The fourth-order valence-corrected chi connectivity index (χ4v) is 2.58. The van der Waals surface area contributed by atoms with Gasteiger partial charge in [0.15, 0.2) is 0 Å². The summed E-state index contributed by atoms with van der Waals surface area (Å²) in [5.41, 5.74) is 2.13. The van der Waals surface area contributed by atoms with Crippen LogP contribution in [0.15, 0.2) is 60.0 Å². The van der Waals surface area contributed by atoms with Gasteiger partial charge in [-0.25, -0.2) is 8.42 Å². The van der Waals surface area contributed by atoms with Crippen molar-refractivity contribution in [3.05, 3.63) is 71.1 Å². The molecule has 0 bridgehead atoms. The lowest BCUT2D eigenvalue weighted by Crippen LogP contribution is -2.08. The van der Waals surface area contributed by atoms with Gasteiger partial charge in [0, 0.05) is 5.69 Å². The highest BCUT2D eigenvalue weighted by Crippen LogP contribution is 2.13. The van der Waals surface area contributed by atoms with Gasteiger partial charge in [0.2, 0.25) is 0 Å². The minimum absolute atomic E-state index is 0.306. The molecular weight excluding hydrogens is 284 g/mol. The van der Waals surface area contributed by atoms with E-state index in [1.807, 2.05) is 36.4 Å². The van der Waals surface area contributed by atoms with Crippen molar-refractivity contribution in [1.29, 1.82) is 5.26 Å². The Kier molecular flexibility index (Phi) is 4.75. The van der Waals surface area contributed by atoms with Gasteiger partial charge in [0.05, 0.1) is 17.9 Å². The van der Waals surface area contributed by atoms with Crippen molar-refractivity contribution >= 4 is 21.8 Å². The molecule has 106 valence electrons. The normalized spacial score (nSPS) is 11.2. The molecule has 0 unspecified atom stereocenters. The third-order valence-electron chi connectivity index (χ3n) is 2.74. The van der Waals surface area contributed by atoms with Crippen molar-refractivity contribution in [2.45, 2.75) is 6.42 Å². The van der Waals surface area contributed by atoms with Gasteiger partial charge in [0.1, 0.15) is 0 Å². The Morgan fingerprint density at radius 2 is 1.71 bits per heavy atom. The summed E-state index contributed by atoms with van der Waals surface area (Å²) in [6.07, 6.45) is 1.84. The molecule has 0 aliphatic heterocycles. The molecule has 0 atom stereocenters. The van der Waals surface area contributed by atoms with Crippen molar-refractivity contribution in [2.24, 2.45) is 0 Å². The Hall–Kier alpha value is -2.58. The molecule has 0 spiro atoms. The highest BCUT2D eigenvalue weighted by atomic mass is 32.2. The number of sulfonamides is 1. The molecule has 2 aromatic rings. The van der Waals surface area contributed by atoms with Crippen LogP contribution >= 0.6 is 0 Å². The Balaban J connectivity index is 2.07. The fraction of sp³-hybridized carbons (Fsp3) is 0.0625. The predicted octanol–water partition coefficient (Wildman–Crippen LogP) is 3.17. The molecule has 0 heterocycles. The zero-order valence-electron chi connectivity index (χ0n) is 11.2. The second-order valence-electron chi connectivity index (χ2n) is 4.39. The summed E-state index contributed by atoms with van der Waals surface area (Å²) in [6.45, 7) is 0. The average molecular weight is 298 g/mol. The first-order valence-electron chi connectivity index (χ1n) is 6.31. The van der Waals surface area contributed by atoms with Gasteiger partial charge >= 0.3 is 0 Å². The summed E-state index contributed by atoms with van der Waals surface area (Å²) in [5.74, 6) is 0. The van der Waals surface area contributed by atoms with Crippen molar-refractivity contribution in [1.82, 2.24) is 0 Å². The number of benzene rings is 2. The Morgan fingerprint density at radius 1 is 1.05 bits per heavy atom. The van der Waals surface area contributed by atoms with E-state index < -0.39 is 10.0 Å². The third-order valence-corrected chi connectivity index (χ3v) is 3.75. The molecule has 0 aliphatic carbocycles. The molecule has 2 rings (SSSR count). The first kappa shape index (κ1) is 14.8. The van der Waals surface area contributed by atoms with Crippen LogP contribution in [0.2, 0.25) is 0 Å². The van der Waals surface area contributed by atoms with Crippen molar-refractivity contribution in [2.75, 3.05) is 4.72 Å². The number of anilines is 1. The summed E-state index contributed by atoms with van der Waals surface area (Å²) in [5, 5.41) is 9.71. The predicted molar refractivity (Wildman–Crippen MR) is 83.8 cm³/mol. The summed E-state index contributed by atoms with van der Waals surface area (Å²) < 4.78 is 26.3. The van der Waals surface area contributed by atoms with Crippen molar-refractivity contribution in [3.8, 4) is 6.07 Å². The number of hydrogen-bond acceptors (Lipinski definition) is 3. The highest BCUT2D eigenvalue weighted by molar-refractivity contribution is 7.95. The van der Waals surface area contributed by atoms with Crippen LogP contribution in [0.4, 0.5) is 5.69 Å². The molecule has 0 saturated carbocycles. The first-order chi connectivity index (χ1) is 10.1. The zero-order valence-corrected chi connectivity index (χ0v) is 12.0. The topological polar surface area (TPSA) is 70.0 Å². The summed E-state index contributed by atoms with van der Waals surface area (Å²) in [7, 11) is -3.55. The number of hydrogen-bond donors (Lipinski definition) is 1. The lowest BCUT2D eigenvalue weighted by atomic mass is 10.1. The second-order valence-corrected chi connectivity index (χ2v) is 5.96. The van der Waals surface area contributed by atoms with E-state index >= 15 is 0 Å². The first-order valence-corrected chi connectivity index (χ1v) is 7.85. The van der Waals surface area contributed by atoms with Gasteiger partial charge in [-0.1, -0.05) is 42.5 Å². The van der Waals surface area contributed by atoms with E-state index in [4.69, 9.17) is 5.26 Å². The van der Waals surface area contributed by atoms with Gasteiger partial charge in [0.25, 0.3) is 10.0 Å². The molecular formula is C16H14N2O2S. The Labute approximate surface area is 124 Å². The highest BCUT2D eigenvalue weighted by Gasteiger charge is 2.05. The second kappa shape index (κ2) is 6.73. The van der Waals surface area contributed by atoms with E-state index in [1.54, 1.807) is 24.3 Å². The van der Waals surface area contributed by atoms with Gasteiger partial charge in [-0.2, -0.15) is 5.26 Å². The molecule has 0 amide bonds. The lowest BCUT2D eigenvalue weighted by Gasteiger charge is -2.04. The molecule has 0 fully saturated rings. The van der Waals surface area contributed by atoms with Crippen molar-refractivity contribution in [3.63, 3.8) is 0 Å². The van der Waals surface area contributed by atoms with E-state index in [-0.39, 0.29) is 0 Å². The zero-order chi connectivity index (χ0) is 15.1. The molecule has 0 radical (unpaired) electrons. The van der Waals surface area contributed by atoms with Gasteiger partial charge in [-0.15, -0.1) is 0 Å². The van der Waals surface area contributed by atoms with E-state index in [2.05, 4.69) is 4.72 Å². The molecule has 2 aromatic carbocycles. The molecule has 0 aromatic heterocycles. The largest absolute Gasteiger partial charge is 0.280 e. The minimum Gasteiger partial charge on any atom is -0.280 e. The van der Waals surface area contributed by atoms with Crippen LogP contribution in [0.25, 0.3) is 6.08 Å². The molecule has 0 saturated heterocycles. The molecule has 1 N–H and O–H groups in total. The van der Waals surface area contributed by atoms with Gasteiger partial charge in [-0.3, -0.25) is 4.72 Å². The van der Waals surface area contributed by atoms with E-state index in [0.717, 1.165) is 16.5 Å². The van der Waals surface area contributed by atoms with Crippen LogP contribution in [-0.4, -0.2) is 8.42 Å². The molecule has 0 aliphatic rings. The number of rotatable bonds is 5. The monoisotopic (exact) mass is 298 g/mol. The van der Waals surface area contributed by atoms with Gasteiger partial charge < -0.3 is 0 Å². The molecule has 4 nitrogen and oxygen atoms in total. The maximum Gasteiger partial charge on any atom is 0.255 e. The maximum absolute atomic E-state index is 11.9. The minimum atomic E-state index is -3.55. The maximum atomic E-state index is 11.9. The molecule has 21 heavy (non-hydrogen) atoms. The summed E-state index contributed by atoms with van der Waals surface area (Å²) >= 11 is 0. The summed E-state index contributed by atoms with van der Waals surface area (Å²) in [6, 6.07) is 18.0. The van der Waals surface area contributed by atoms with Crippen LogP contribution in [-0.2, 0) is 16.4 Å². The quantitative estimate of drug-likeness (QED) is 0.921. The average Bonchev–Trinajstić information content (AvgIpc) is 2.48. The van der Waals surface area contributed by atoms with Crippen LogP contribution < -0.4 is 4.72 Å². The fourth-order valence-electron chi connectivity index (χ4n) is 1.71. The van der Waals surface area contributed by atoms with Crippen LogP contribution in [0.5, 0.6) is 0 Å². The Bertz CT molecular complexity index is 758. The van der Waals surface area contributed by atoms with Crippen LogP contribution in [0.3, 0.4) is 0 Å². The summed E-state index contributed by atoms with van der Waals surface area (Å²) in [4.78, 5) is 0. The third kappa shape index (κ3) is 4.79. The molecule has 5 heteroatoms. The van der Waals surface area contributed by atoms with E-state index in [0.29, 0.717) is 12.1 Å². The lowest BCUT2D eigenvalue weighted by molar-refractivity contribution is 0.609. The number of nitriles is 1. The standard InChI is InChI=1S/C16H14N2O2S/c17-12-10-15-6-8-16(9-7-15)18-21(19,20)13-11-14-4-2-1-3-5-14/h1-9,11,13,18H,10H2/b13-11+. The SMILES string of the molecule is N#CCc1ccc(NS(=O)(=O)/C=C/c2ccccc2)cc1. The number of nitrogens with zero attached hydrogens (tertiary/aromatic N) is 1. The Morgan fingerprint density at radius 3 is 2.33 bits per heavy atom.